The van der Waals surface area contributed by atoms with E-state index in [1.807, 2.05) is 39.8 Å². The molecule has 3 rings (SSSR count). The normalized spacial score (nSPS) is 12.6. The van der Waals surface area contributed by atoms with E-state index in [9.17, 15) is 18.0 Å². The number of anilines is 1. The van der Waals surface area contributed by atoms with Gasteiger partial charge in [0.05, 0.1) is 24.8 Å². The predicted octanol–water partition coefficient (Wildman–Crippen LogP) is 4.93. The van der Waals surface area contributed by atoms with Crippen LogP contribution in [0, 0.1) is 6.92 Å². The van der Waals surface area contributed by atoms with Crippen LogP contribution >= 0.6 is 0 Å². The van der Waals surface area contributed by atoms with Crippen molar-refractivity contribution in [2.75, 3.05) is 25.1 Å². The number of nitrogens with one attached hydrogen (secondary N) is 1. The third-order valence-corrected chi connectivity index (χ3v) is 8.91. The predicted molar refractivity (Wildman–Crippen MR) is 164 cm³/mol. The van der Waals surface area contributed by atoms with Crippen LogP contribution in [-0.2, 0) is 26.2 Å². The molecule has 0 heterocycles. The van der Waals surface area contributed by atoms with Gasteiger partial charge in [0.15, 0.2) is 0 Å². The maximum absolute atomic E-state index is 14.2. The number of para-hydroxylation sites is 2. The van der Waals surface area contributed by atoms with Crippen molar-refractivity contribution in [1.82, 2.24) is 10.2 Å². The van der Waals surface area contributed by atoms with Crippen molar-refractivity contribution in [3.63, 3.8) is 0 Å². The third-order valence-electron chi connectivity index (χ3n) is 7.14. The number of rotatable bonds is 14. The Morgan fingerprint density at radius 3 is 2.10 bits per heavy atom. The third kappa shape index (κ3) is 7.82. The summed E-state index contributed by atoms with van der Waals surface area (Å²) in [5, 5.41) is 2.98. The number of hydrogen-bond donors (Lipinski definition) is 1. The van der Waals surface area contributed by atoms with Gasteiger partial charge in [-0.05, 0) is 68.7 Å². The number of nitrogens with zero attached hydrogens (tertiary/aromatic N) is 2. The molecule has 2 amide bonds. The number of aryl methyl sites for hydroxylation is 1. The number of methoxy groups -OCH3 is 2. The van der Waals surface area contributed by atoms with Crippen molar-refractivity contribution in [2.45, 2.75) is 64.1 Å². The highest BCUT2D eigenvalue weighted by Crippen LogP contribution is 2.32. The van der Waals surface area contributed by atoms with Gasteiger partial charge in [-0.3, -0.25) is 13.9 Å². The fourth-order valence-corrected chi connectivity index (χ4v) is 5.90. The van der Waals surface area contributed by atoms with Gasteiger partial charge in [0, 0.05) is 12.6 Å². The lowest BCUT2D eigenvalue weighted by Crippen LogP contribution is -2.53. The first-order valence-electron chi connectivity index (χ1n) is 14.0. The van der Waals surface area contributed by atoms with Gasteiger partial charge in [0.25, 0.3) is 10.0 Å². The van der Waals surface area contributed by atoms with Gasteiger partial charge >= 0.3 is 0 Å². The minimum absolute atomic E-state index is 0.0371. The number of carbonyl (C=O) groups excluding carboxylic acids is 2. The van der Waals surface area contributed by atoms with Crippen LogP contribution in [0.2, 0.25) is 0 Å². The molecule has 0 bridgehead atoms. The zero-order valence-corrected chi connectivity index (χ0v) is 26.0. The molecule has 0 fully saturated rings. The van der Waals surface area contributed by atoms with E-state index >= 15 is 0 Å². The van der Waals surface area contributed by atoms with Crippen molar-refractivity contribution < 1.29 is 27.5 Å². The number of hydrogen-bond acceptors (Lipinski definition) is 6. The summed E-state index contributed by atoms with van der Waals surface area (Å²) in [6.45, 7) is 7.12. The van der Waals surface area contributed by atoms with E-state index in [1.165, 1.54) is 24.1 Å². The van der Waals surface area contributed by atoms with E-state index in [2.05, 4.69) is 5.32 Å². The van der Waals surface area contributed by atoms with Crippen molar-refractivity contribution in [2.24, 2.45) is 0 Å². The second-order valence-electron chi connectivity index (χ2n) is 10.1. The minimum Gasteiger partial charge on any atom is -0.497 e. The lowest BCUT2D eigenvalue weighted by molar-refractivity contribution is -0.140. The largest absolute Gasteiger partial charge is 0.497 e. The van der Waals surface area contributed by atoms with E-state index in [0.29, 0.717) is 17.9 Å². The molecule has 9 nitrogen and oxygen atoms in total. The molecule has 0 spiro atoms. The number of sulfonamides is 1. The van der Waals surface area contributed by atoms with Crippen LogP contribution in [0.4, 0.5) is 5.69 Å². The Bertz CT molecular complexity index is 1440. The zero-order chi connectivity index (χ0) is 30.9. The molecule has 1 N–H and O–H groups in total. The van der Waals surface area contributed by atoms with Crippen LogP contribution in [0.5, 0.6) is 11.5 Å². The maximum Gasteiger partial charge on any atom is 0.264 e. The molecule has 3 aromatic carbocycles. The fraction of sp³-hybridized carbons (Fsp3) is 0.375. The van der Waals surface area contributed by atoms with Crippen molar-refractivity contribution in [3.05, 3.63) is 83.9 Å². The van der Waals surface area contributed by atoms with E-state index in [4.69, 9.17) is 9.47 Å². The molecule has 2 unspecified atom stereocenters. The molecule has 2 atom stereocenters. The van der Waals surface area contributed by atoms with Gasteiger partial charge in [-0.15, -0.1) is 0 Å². The lowest BCUT2D eigenvalue weighted by atomic mass is 10.1. The standard InChI is InChI=1S/C32H41N3O6S/c1-7-24(4)33-32(37)28(8-2)34(21-25-15-17-26(40-5)18-16-25)31(36)22-35(29-11-9-10-12-30(29)41-6)42(38,39)27-19-13-23(3)14-20-27/h9-20,24,28H,7-8,21-22H2,1-6H3,(H,33,37). The highest BCUT2D eigenvalue weighted by molar-refractivity contribution is 7.92. The Labute approximate surface area is 249 Å². The molecule has 0 saturated carbocycles. The second-order valence-corrected chi connectivity index (χ2v) is 12.0. The summed E-state index contributed by atoms with van der Waals surface area (Å²) in [7, 11) is -1.19. The Kier molecular flexibility index (Phi) is 11.4. The highest BCUT2D eigenvalue weighted by Gasteiger charge is 2.35. The Morgan fingerprint density at radius 2 is 1.52 bits per heavy atom. The van der Waals surface area contributed by atoms with Crippen molar-refractivity contribution in [3.8, 4) is 11.5 Å². The monoisotopic (exact) mass is 595 g/mol. The topological polar surface area (TPSA) is 105 Å². The van der Waals surface area contributed by atoms with E-state index in [-0.39, 0.29) is 29.1 Å². The average molecular weight is 596 g/mol. The molecule has 3 aromatic rings. The van der Waals surface area contributed by atoms with Gasteiger partial charge in [0.1, 0.15) is 24.1 Å². The SMILES string of the molecule is CCC(C)NC(=O)C(CC)N(Cc1ccc(OC)cc1)C(=O)CN(c1ccccc1OC)S(=O)(=O)c1ccc(C)cc1. The van der Waals surface area contributed by atoms with Gasteiger partial charge in [-0.25, -0.2) is 8.42 Å². The Morgan fingerprint density at radius 1 is 0.881 bits per heavy atom. The van der Waals surface area contributed by atoms with Gasteiger partial charge < -0.3 is 19.7 Å². The van der Waals surface area contributed by atoms with Gasteiger partial charge in [-0.1, -0.05) is 55.8 Å². The van der Waals surface area contributed by atoms with Crippen LogP contribution in [0.1, 0.15) is 44.7 Å². The number of ether oxygens (including phenoxy) is 2. The first kappa shape index (κ1) is 32.5. The molecular weight excluding hydrogens is 554 g/mol. The number of amides is 2. The summed E-state index contributed by atoms with van der Waals surface area (Å²) in [5.41, 5.74) is 1.89. The molecule has 226 valence electrons. The molecule has 0 radical (unpaired) electrons. The summed E-state index contributed by atoms with van der Waals surface area (Å²) in [6.07, 6.45) is 1.06. The summed E-state index contributed by atoms with van der Waals surface area (Å²) in [6, 6.07) is 19.4. The van der Waals surface area contributed by atoms with Gasteiger partial charge in [0.2, 0.25) is 11.8 Å². The first-order chi connectivity index (χ1) is 20.0. The van der Waals surface area contributed by atoms with E-state index in [0.717, 1.165) is 21.9 Å². The number of benzene rings is 3. The summed E-state index contributed by atoms with van der Waals surface area (Å²) < 4.78 is 39.9. The maximum atomic E-state index is 14.2. The summed E-state index contributed by atoms with van der Waals surface area (Å²) in [4.78, 5) is 29.1. The smallest absolute Gasteiger partial charge is 0.264 e. The quantitative estimate of drug-likeness (QED) is 0.283. The molecule has 0 aromatic heterocycles. The molecular formula is C32H41N3O6S. The highest BCUT2D eigenvalue weighted by atomic mass is 32.2. The molecule has 42 heavy (non-hydrogen) atoms. The van der Waals surface area contributed by atoms with Crippen LogP contribution in [0.25, 0.3) is 0 Å². The van der Waals surface area contributed by atoms with Crippen LogP contribution in [0.3, 0.4) is 0 Å². The average Bonchev–Trinajstić information content (AvgIpc) is 2.99. The minimum atomic E-state index is -4.20. The molecule has 0 saturated heterocycles. The summed E-state index contributed by atoms with van der Waals surface area (Å²) in [5.74, 6) is 0.131. The molecule has 0 aliphatic heterocycles. The molecule has 0 aliphatic rings. The Balaban J connectivity index is 2.09. The van der Waals surface area contributed by atoms with Crippen LogP contribution < -0.4 is 19.1 Å². The molecule has 0 aliphatic carbocycles. The van der Waals surface area contributed by atoms with Crippen molar-refractivity contribution >= 4 is 27.5 Å². The van der Waals surface area contributed by atoms with E-state index < -0.39 is 28.5 Å². The zero-order valence-electron chi connectivity index (χ0n) is 25.2. The Hall–Kier alpha value is -4.05. The molecule has 10 heteroatoms. The first-order valence-corrected chi connectivity index (χ1v) is 15.4. The summed E-state index contributed by atoms with van der Waals surface area (Å²) >= 11 is 0. The lowest BCUT2D eigenvalue weighted by Gasteiger charge is -2.34. The van der Waals surface area contributed by atoms with Gasteiger partial charge in [-0.2, -0.15) is 0 Å². The van der Waals surface area contributed by atoms with Crippen LogP contribution in [-0.4, -0.2) is 58.0 Å². The number of carbonyl (C=O) groups is 2. The van der Waals surface area contributed by atoms with Crippen LogP contribution in [0.15, 0.2) is 77.7 Å². The fourth-order valence-electron chi connectivity index (χ4n) is 4.47. The second kappa shape index (κ2) is 14.7. The van der Waals surface area contributed by atoms with E-state index in [1.54, 1.807) is 55.6 Å². The van der Waals surface area contributed by atoms with Crippen molar-refractivity contribution in [1.29, 1.82) is 0 Å².